The van der Waals surface area contributed by atoms with Gasteiger partial charge in [0, 0.05) is 0 Å². The minimum absolute atomic E-state index is 0.913. The molecule has 0 heterocycles. The molecule has 3 fully saturated rings. The fourth-order valence-corrected chi connectivity index (χ4v) is 7.00. The zero-order chi connectivity index (χ0) is 38.1. The summed E-state index contributed by atoms with van der Waals surface area (Å²) in [4.78, 5) is 146. The Hall–Kier alpha value is -5.96. The van der Waals surface area contributed by atoms with Crippen molar-refractivity contribution in [1.82, 2.24) is 0 Å². The van der Waals surface area contributed by atoms with Crippen molar-refractivity contribution in [3.63, 3.8) is 0 Å². The molecule has 22 nitrogen and oxygen atoms in total. The molecule has 0 radical (unpaired) electrons. The summed E-state index contributed by atoms with van der Waals surface area (Å²) >= 11 is 0. The van der Waals surface area contributed by atoms with E-state index in [9.17, 15) is 98.4 Å². The second kappa shape index (κ2) is 14.7. The molecule has 0 aromatic carbocycles. The SMILES string of the molecule is O=C(O)C1CC(C(=O)O)C(C(=O)OC(=O)C2C(C(=O)O)C(C(=O)O)C2C(=O)OC(=O)C2CC(C(=O)O)C(C(=O)O)CC2C(=O)O)CC1C(=O)O. The first-order valence-electron chi connectivity index (χ1n) is 14.5. The van der Waals surface area contributed by atoms with Gasteiger partial charge < -0.3 is 50.3 Å². The van der Waals surface area contributed by atoms with Crippen LogP contribution in [0.5, 0.6) is 0 Å². The van der Waals surface area contributed by atoms with Crippen molar-refractivity contribution in [2.24, 2.45) is 71.0 Å². The first kappa shape index (κ1) is 38.5. The van der Waals surface area contributed by atoms with Gasteiger partial charge in [-0.25, -0.2) is 0 Å². The minimum atomic E-state index is -2.43. The highest BCUT2D eigenvalue weighted by molar-refractivity contribution is 6.02. The number of carbonyl (C=O) groups is 12. The van der Waals surface area contributed by atoms with Gasteiger partial charge in [-0.1, -0.05) is 0 Å². The molecule has 0 bridgehead atoms. The van der Waals surface area contributed by atoms with E-state index in [4.69, 9.17) is 0 Å². The topological polar surface area (TPSA) is 385 Å². The molecular weight excluding hydrogens is 688 g/mol. The third-order valence-corrected chi connectivity index (χ3v) is 9.55. The van der Waals surface area contributed by atoms with E-state index >= 15 is 0 Å². The van der Waals surface area contributed by atoms with Gasteiger partial charge in [-0.3, -0.25) is 57.5 Å². The first-order valence-corrected chi connectivity index (χ1v) is 14.5. The fraction of sp³-hybridized carbons (Fsp3) is 0.571. The van der Waals surface area contributed by atoms with Crippen LogP contribution in [0.1, 0.15) is 25.7 Å². The van der Waals surface area contributed by atoms with E-state index in [1.54, 1.807) is 0 Å². The molecule has 12 unspecified atom stereocenters. The normalized spacial score (nSPS) is 33.3. The summed E-state index contributed by atoms with van der Waals surface area (Å²) in [7, 11) is 0. The zero-order valence-electron chi connectivity index (χ0n) is 25.0. The quantitative estimate of drug-likeness (QED) is 0.0784. The number of rotatable bonds is 12. The van der Waals surface area contributed by atoms with E-state index in [1.165, 1.54) is 0 Å². The summed E-state index contributed by atoms with van der Waals surface area (Å²) < 4.78 is 9.20. The third-order valence-electron chi connectivity index (χ3n) is 9.55. The van der Waals surface area contributed by atoms with Gasteiger partial charge in [0.25, 0.3) is 0 Å². The number of ether oxygens (including phenoxy) is 2. The van der Waals surface area contributed by atoms with Crippen LogP contribution in [0.3, 0.4) is 0 Å². The maximum Gasteiger partial charge on any atom is 0.318 e. The molecule has 3 aliphatic carbocycles. The van der Waals surface area contributed by atoms with Gasteiger partial charge in [-0.2, -0.15) is 0 Å². The number of esters is 4. The van der Waals surface area contributed by atoms with Crippen LogP contribution >= 0.6 is 0 Å². The van der Waals surface area contributed by atoms with Crippen molar-refractivity contribution in [1.29, 1.82) is 0 Å². The van der Waals surface area contributed by atoms with Crippen molar-refractivity contribution in [2.75, 3.05) is 0 Å². The lowest BCUT2D eigenvalue weighted by molar-refractivity contribution is -0.201. The Morgan fingerprint density at radius 1 is 0.280 bits per heavy atom. The molecule has 50 heavy (non-hydrogen) atoms. The predicted octanol–water partition coefficient (Wildman–Crippen LogP) is -2.20. The summed E-state index contributed by atoms with van der Waals surface area (Å²) in [6, 6.07) is 0. The molecule has 8 N–H and O–H groups in total. The standard InChI is InChI=1S/C28H28O22/c29-17(30)5-1-9(21(37)38)11(3-7(5)19(33)34)25(45)49-27(47)15-13(23(41)42)14(24(43)44)16(15)28(48)50-26(46)12-4-8(20(35)36)6(18(31)32)2-10(12)22(39)40/h5-16H,1-4H2,(H,29,30)(H,31,32)(H,33,34)(H,35,36)(H,37,38)(H,39,40)(H,41,42)(H,43,44). The average molecular weight is 717 g/mol. The molecule has 0 aromatic heterocycles. The Labute approximate surface area is 276 Å². The van der Waals surface area contributed by atoms with Crippen LogP contribution in [0.15, 0.2) is 0 Å². The lowest BCUT2D eigenvalue weighted by Crippen LogP contribution is -2.61. The van der Waals surface area contributed by atoms with Gasteiger partial charge in [0.1, 0.15) is 0 Å². The van der Waals surface area contributed by atoms with E-state index in [0.29, 0.717) is 0 Å². The second-order valence-corrected chi connectivity index (χ2v) is 12.1. The summed E-state index contributed by atoms with van der Waals surface area (Å²) in [5.41, 5.74) is 0. The Balaban J connectivity index is 1.90. The molecule has 12 atom stereocenters. The van der Waals surface area contributed by atoms with Crippen molar-refractivity contribution >= 4 is 71.6 Å². The minimum Gasteiger partial charge on any atom is -0.481 e. The van der Waals surface area contributed by atoms with Gasteiger partial charge in [0.05, 0.1) is 71.0 Å². The Kier molecular flexibility index (Phi) is 11.3. The first-order chi connectivity index (χ1) is 23.1. The fourth-order valence-electron chi connectivity index (χ4n) is 7.00. The van der Waals surface area contributed by atoms with Crippen LogP contribution in [0.4, 0.5) is 0 Å². The van der Waals surface area contributed by atoms with Crippen molar-refractivity contribution in [3.8, 4) is 0 Å². The van der Waals surface area contributed by atoms with Crippen molar-refractivity contribution in [3.05, 3.63) is 0 Å². The maximum absolute atomic E-state index is 13.1. The number of carbonyl (C=O) groups excluding carboxylic acids is 4. The molecule has 3 saturated carbocycles. The van der Waals surface area contributed by atoms with E-state index in [0.717, 1.165) is 0 Å². The molecule has 0 aromatic rings. The molecular formula is C28H28O22. The molecule has 272 valence electrons. The summed E-state index contributed by atoms with van der Waals surface area (Å²) in [6.07, 6.45) is -3.79. The van der Waals surface area contributed by atoms with Crippen LogP contribution in [0.2, 0.25) is 0 Å². The van der Waals surface area contributed by atoms with Gasteiger partial charge in [0.15, 0.2) is 0 Å². The lowest BCUT2D eigenvalue weighted by Gasteiger charge is -2.44. The smallest absolute Gasteiger partial charge is 0.318 e. The van der Waals surface area contributed by atoms with Gasteiger partial charge in [-0.05, 0) is 25.7 Å². The summed E-state index contributed by atoms with van der Waals surface area (Å²) in [5.74, 6) is -46.8. The Morgan fingerprint density at radius 2 is 0.480 bits per heavy atom. The highest BCUT2D eigenvalue weighted by Gasteiger charge is 2.66. The van der Waals surface area contributed by atoms with Gasteiger partial charge in [0.2, 0.25) is 0 Å². The molecule has 0 saturated heterocycles. The maximum atomic E-state index is 13.1. The Morgan fingerprint density at radius 3 is 0.680 bits per heavy atom. The molecule has 0 amide bonds. The van der Waals surface area contributed by atoms with Crippen molar-refractivity contribution < 1.29 is 108 Å². The zero-order valence-corrected chi connectivity index (χ0v) is 25.0. The van der Waals surface area contributed by atoms with Crippen LogP contribution in [-0.4, -0.2) is 112 Å². The molecule has 3 aliphatic rings. The van der Waals surface area contributed by atoms with Crippen LogP contribution in [0.25, 0.3) is 0 Å². The number of aliphatic carboxylic acids is 8. The van der Waals surface area contributed by atoms with E-state index < -0.39 is 168 Å². The highest BCUT2D eigenvalue weighted by atomic mass is 16.6. The van der Waals surface area contributed by atoms with E-state index in [-0.39, 0.29) is 0 Å². The number of carboxylic acids is 8. The van der Waals surface area contributed by atoms with Crippen LogP contribution < -0.4 is 0 Å². The van der Waals surface area contributed by atoms with Gasteiger partial charge in [-0.15, -0.1) is 0 Å². The summed E-state index contributed by atoms with van der Waals surface area (Å²) in [5, 5.41) is 76.0. The summed E-state index contributed by atoms with van der Waals surface area (Å²) in [6.45, 7) is 0. The van der Waals surface area contributed by atoms with Crippen molar-refractivity contribution in [2.45, 2.75) is 25.7 Å². The monoisotopic (exact) mass is 716 g/mol. The molecule has 0 spiro atoms. The van der Waals surface area contributed by atoms with E-state index in [1.807, 2.05) is 0 Å². The largest absolute Gasteiger partial charge is 0.481 e. The lowest BCUT2D eigenvalue weighted by atomic mass is 9.56. The van der Waals surface area contributed by atoms with Crippen LogP contribution in [-0.2, 0) is 67.0 Å². The number of hydrogen-bond acceptors (Lipinski definition) is 14. The Bertz CT molecular complexity index is 1450. The second-order valence-electron chi connectivity index (χ2n) is 12.1. The molecule has 0 aliphatic heterocycles. The molecule has 22 heteroatoms. The predicted molar refractivity (Wildman–Crippen MR) is 144 cm³/mol. The molecule has 3 rings (SSSR count). The highest BCUT2D eigenvalue weighted by Crippen LogP contribution is 2.49. The van der Waals surface area contributed by atoms with Crippen LogP contribution in [0, 0.1) is 71.0 Å². The van der Waals surface area contributed by atoms with Gasteiger partial charge >= 0.3 is 71.6 Å². The number of hydrogen-bond donors (Lipinski definition) is 8. The van der Waals surface area contributed by atoms with E-state index in [2.05, 4.69) is 9.47 Å². The number of carboxylic acid groups (broad SMARTS) is 8. The average Bonchev–Trinajstić information content (AvgIpc) is 2.98. The third kappa shape index (κ3) is 7.37.